The normalized spacial score (nSPS) is 18.5. The Morgan fingerprint density at radius 1 is 1.19 bits per heavy atom. The van der Waals surface area contributed by atoms with Gasteiger partial charge in [0.05, 0.1) is 5.25 Å². The van der Waals surface area contributed by atoms with Crippen LogP contribution in [0.15, 0.2) is 28.0 Å². The van der Waals surface area contributed by atoms with Gasteiger partial charge in [-0.15, -0.1) is 0 Å². The second-order valence-electron chi connectivity index (χ2n) is 4.17. The molecule has 0 aliphatic heterocycles. The van der Waals surface area contributed by atoms with Gasteiger partial charge in [-0.25, -0.2) is 8.42 Å². The van der Waals surface area contributed by atoms with E-state index in [0.29, 0.717) is 12.8 Å². The predicted molar refractivity (Wildman–Crippen MR) is 61.1 cm³/mol. The lowest BCUT2D eigenvalue weighted by Crippen LogP contribution is -2.28. The van der Waals surface area contributed by atoms with Crippen molar-refractivity contribution in [3.05, 3.63) is 28.7 Å². The molecule has 0 aromatic carbocycles. The van der Waals surface area contributed by atoms with Crippen molar-refractivity contribution in [1.29, 1.82) is 0 Å². The Balaban J connectivity index is 2.39. The summed E-state index contributed by atoms with van der Waals surface area (Å²) in [5, 5.41) is -0.371. The molecule has 4 nitrogen and oxygen atoms in total. The molecule has 1 fully saturated rings. The molecular formula is C11H15NO3S. The number of aromatic nitrogens is 1. The van der Waals surface area contributed by atoms with E-state index >= 15 is 0 Å². The average Bonchev–Trinajstić information content (AvgIpc) is 2.30. The summed E-state index contributed by atoms with van der Waals surface area (Å²) in [6, 6.07) is 2.94. The molecule has 0 bridgehead atoms. The van der Waals surface area contributed by atoms with Crippen LogP contribution in [-0.4, -0.2) is 18.7 Å². The minimum absolute atomic E-state index is 0.0816. The number of hydrogen-bond donors (Lipinski definition) is 1. The third-order valence-corrected chi connectivity index (χ3v) is 5.36. The van der Waals surface area contributed by atoms with Crippen LogP contribution in [0.4, 0.5) is 0 Å². The Morgan fingerprint density at radius 3 is 2.50 bits per heavy atom. The van der Waals surface area contributed by atoms with Gasteiger partial charge in [-0.3, -0.25) is 4.79 Å². The molecular weight excluding hydrogens is 226 g/mol. The van der Waals surface area contributed by atoms with E-state index in [2.05, 4.69) is 4.98 Å². The van der Waals surface area contributed by atoms with Gasteiger partial charge in [0.25, 0.3) is 5.56 Å². The summed E-state index contributed by atoms with van der Waals surface area (Å²) in [6.45, 7) is 0. The number of hydrogen-bond acceptors (Lipinski definition) is 3. The topological polar surface area (TPSA) is 67.0 Å². The lowest BCUT2D eigenvalue weighted by Gasteiger charge is -2.21. The zero-order valence-electron chi connectivity index (χ0n) is 8.98. The Morgan fingerprint density at radius 2 is 1.88 bits per heavy atom. The van der Waals surface area contributed by atoms with Crippen LogP contribution in [0, 0.1) is 0 Å². The molecule has 0 atom stereocenters. The van der Waals surface area contributed by atoms with Crippen molar-refractivity contribution >= 4 is 9.84 Å². The summed E-state index contributed by atoms with van der Waals surface area (Å²) >= 11 is 0. The Kier molecular flexibility index (Phi) is 3.14. The first kappa shape index (κ1) is 11.4. The van der Waals surface area contributed by atoms with E-state index in [-0.39, 0.29) is 10.1 Å². The second kappa shape index (κ2) is 4.41. The lowest BCUT2D eigenvalue weighted by molar-refractivity contribution is 0.483. The van der Waals surface area contributed by atoms with Crippen molar-refractivity contribution < 1.29 is 8.42 Å². The lowest BCUT2D eigenvalue weighted by atomic mass is 10.0. The first-order chi connectivity index (χ1) is 7.62. The van der Waals surface area contributed by atoms with E-state index in [1.807, 2.05) is 0 Å². The van der Waals surface area contributed by atoms with Gasteiger partial charge < -0.3 is 4.98 Å². The second-order valence-corrected chi connectivity index (χ2v) is 6.37. The number of pyridine rings is 1. The Bertz CT molecular complexity index is 512. The van der Waals surface area contributed by atoms with Crippen LogP contribution in [0.3, 0.4) is 0 Å². The summed E-state index contributed by atoms with van der Waals surface area (Å²) in [5.74, 6) is 0. The third kappa shape index (κ3) is 2.04. The molecule has 5 heteroatoms. The fraction of sp³-hybridized carbons (Fsp3) is 0.545. The molecule has 1 aliphatic rings. The van der Waals surface area contributed by atoms with Crippen molar-refractivity contribution in [1.82, 2.24) is 4.98 Å². The molecule has 88 valence electrons. The average molecular weight is 241 g/mol. The summed E-state index contributed by atoms with van der Waals surface area (Å²) < 4.78 is 24.4. The van der Waals surface area contributed by atoms with E-state index in [9.17, 15) is 13.2 Å². The van der Waals surface area contributed by atoms with E-state index in [4.69, 9.17) is 0 Å². The number of aromatic amines is 1. The van der Waals surface area contributed by atoms with Crippen LogP contribution in [0.25, 0.3) is 0 Å². The van der Waals surface area contributed by atoms with Gasteiger partial charge >= 0.3 is 0 Å². The highest BCUT2D eigenvalue weighted by Crippen LogP contribution is 2.26. The maximum absolute atomic E-state index is 12.2. The van der Waals surface area contributed by atoms with Crippen LogP contribution in [0.1, 0.15) is 32.1 Å². The van der Waals surface area contributed by atoms with E-state index in [1.54, 1.807) is 6.07 Å². The number of nitrogens with one attached hydrogen (secondary N) is 1. The zero-order chi connectivity index (χ0) is 11.6. The summed E-state index contributed by atoms with van der Waals surface area (Å²) in [5.41, 5.74) is -0.506. The van der Waals surface area contributed by atoms with Gasteiger partial charge in [0.15, 0.2) is 9.84 Å². The van der Waals surface area contributed by atoms with Crippen LogP contribution in [0.2, 0.25) is 0 Å². The highest BCUT2D eigenvalue weighted by atomic mass is 32.2. The smallest absolute Gasteiger partial charge is 0.266 e. The van der Waals surface area contributed by atoms with Gasteiger partial charge in [0.1, 0.15) is 4.90 Å². The van der Waals surface area contributed by atoms with Gasteiger partial charge in [-0.05, 0) is 25.0 Å². The number of H-pyrrole nitrogens is 1. The van der Waals surface area contributed by atoms with Gasteiger partial charge in [0.2, 0.25) is 0 Å². The molecule has 1 N–H and O–H groups in total. The molecule has 0 saturated heterocycles. The minimum Gasteiger partial charge on any atom is -0.328 e. The van der Waals surface area contributed by atoms with E-state index < -0.39 is 15.4 Å². The van der Waals surface area contributed by atoms with Gasteiger partial charge in [0, 0.05) is 6.20 Å². The Labute approximate surface area is 94.6 Å². The van der Waals surface area contributed by atoms with Crippen molar-refractivity contribution in [3.63, 3.8) is 0 Å². The Hall–Kier alpha value is -1.10. The number of rotatable bonds is 2. The van der Waals surface area contributed by atoms with Crippen LogP contribution in [-0.2, 0) is 9.84 Å². The highest BCUT2D eigenvalue weighted by molar-refractivity contribution is 7.92. The van der Waals surface area contributed by atoms with Crippen molar-refractivity contribution in [2.24, 2.45) is 0 Å². The van der Waals surface area contributed by atoms with Crippen molar-refractivity contribution in [2.45, 2.75) is 42.2 Å². The quantitative estimate of drug-likeness (QED) is 0.852. The van der Waals surface area contributed by atoms with Crippen molar-refractivity contribution in [3.8, 4) is 0 Å². The molecule has 1 saturated carbocycles. The summed E-state index contributed by atoms with van der Waals surface area (Å²) in [6.07, 6.45) is 5.77. The maximum atomic E-state index is 12.2. The van der Waals surface area contributed by atoms with Gasteiger partial charge in [-0.1, -0.05) is 19.3 Å². The third-order valence-electron chi connectivity index (χ3n) is 3.08. The molecule has 1 aromatic heterocycles. The highest BCUT2D eigenvalue weighted by Gasteiger charge is 2.30. The first-order valence-corrected chi connectivity index (χ1v) is 7.08. The molecule has 16 heavy (non-hydrogen) atoms. The standard InChI is InChI=1S/C11H15NO3S/c13-11-10(7-4-8-12-11)16(14,15)9-5-2-1-3-6-9/h4,7-9H,1-3,5-6H2,(H,12,13). The van der Waals surface area contributed by atoms with Crippen molar-refractivity contribution in [2.75, 3.05) is 0 Å². The first-order valence-electron chi connectivity index (χ1n) is 5.54. The van der Waals surface area contributed by atoms with Crippen LogP contribution in [0.5, 0.6) is 0 Å². The summed E-state index contributed by atoms with van der Waals surface area (Å²) in [4.78, 5) is 13.8. The molecule has 1 aliphatic carbocycles. The molecule has 2 rings (SSSR count). The summed E-state index contributed by atoms with van der Waals surface area (Å²) in [7, 11) is -3.44. The molecule has 1 aromatic rings. The minimum atomic E-state index is -3.44. The monoisotopic (exact) mass is 241 g/mol. The van der Waals surface area contributed by atoms with E-state index in [0.717, 1.165) is 19.3 Å². The molecule has 1 heterocycles. The van der Waals surface area contributed by atoms with Gasteiger partial charge in [-0.2, -0.15) is 0 Å². The SMILES string of the molecule is O=c1[nH]cccc1S(=O)(=O)C1CCCCC1. The van der Waals surface area contributed by atoms with Crippen LogP contribution >= 0.6 is 0 Å². The fourth-order valence-corrected chi connectivity index (χ4v) is 4.08. The fourth-order valence-electron chi connectivity index (χ4n) is 2.19. The zero-order valence-corrected chi connectivity index (χ0v) is 9.79. The molecule has 0 radical (unpaired) electrons. The molecule has 0 amide bonds. The maximum Gasteiger partial charge on any atom is 0.266 e. The number of sulfone groups is 1. The van der Waals surface area contributed by atoms with Crippen LogP contribution < -0.4 is 5.56 Å². The molecule has 0 unspecified atom stereocenters. The largest absolute Gasteiger partial charge is 0.328 e. The van der Waals surface area contributed by atoms with E-state index in [1.165, 1.54) is 12.3 Å². The molecule has 0 spiro atoms. The predicted octanol–water partition coefficient (Wildman–Crippen LogP) is 1.48.